The number of carbonyl (C=O) groups is 1. The van der Waals surface area contributed by atoms with Crippen molar-refractivity contribution < 1.29 is 9.53 Å². The minimum Gasteiger partial charge on any atom is -0.487 e. The van der Waals surface area contributed by atoms with E-state index in [1.807, 2.05) is 42.2 Å². The first kappa shape index (κ1) is 15.3. The number of hydrogen-bond donors (Lipinski definition) is 0. The number of aryl methyl sites for hydroxylation is 2. The molecule has 2 aliphatic heterocycles. The summed E-state index contributed by atoms with van der Waals surface area (Å²) in [4.78, 5) is 14.8. The molecule has 0 unspecified atom stereocenters. The minimum absolute atomic E-state index is 0.0864. The molecular formula is C21H23NO2. The Hall–Kier alpha value is -2.29. The van der Waals surface area contributed by atoms with Gasteiger partial charge >= 0.3 is 0 Å². The van der Waals surface area contributed by atoms with Crippen molar-refractivity contribution in [2.45, 2.75) is 38.2 Å². The van der Waals surface area contributed by atoms with Crippen LogP contribution in [-0.2, 0) is 6.42 Å². The van der Waals surface area contributed by atoms with Crippen LogP contribution in [0, 0.1) is 6.92 Å². The highest BCUT2D eigenvalue weighted by Gasteiger charge is 2.40. The molecule has 4 rings (SSSR count). The minimum atomic E-state index is -0.0864. The molecule has 0 saturated carbocycles. The third-order valence-electron chi connectivity index (χ3n) is 5.49. The third kappa shape index (κ3) is 2.68. The van der Waals surface area contributed by atoms with Crippen LogP contribution in [0.25, 0.3) is 0 Å². The lowest BCUT2D eigenvalue weighted by Crippen LogP contribution is -2.51. The molecule has 0 radical (unpaired) electrons. The number of carbonyl (C=O) groups excluding carboxylic acids is 1. The predicted molar refractivity (Wildman–Crippen MR) is 94.4 cm³/mol. The van der Waals surface area contributed by atoms with Crippen molar-refractivity contribution in [3.05, 3.63) is 65.2 Å². The summed E-state index contributed by atoms with van der Waals surface area (Å²) in [5.74, 6) is 1.18. The number of likely N-dealkylation sites (tertiary alicyclic amines) is 1. The van der Waals surface area contributed by atoms with Crippen LogP contribution in [-0.4, -0.2) is 29.5 Å². The van der Waals surface area contributed by atoms with Gasteiger partial charge in [-0.05, 0) is 43.0 Å². The second-order valence-corrected chi connectivity index (χ2v) is 7.00. The van der Waals surface area contributed by atoms with E-state index >= 15 is 0 Å². The molecule has 0 atom stereocenters. The first-order chi connectivity index (χ1) is 11.7. The van der Waals surface area contributed by atoms with Gasteiger partial charge in [0.1, 0.15) is 11.4 Å². The van der Waals surface area contributed by atoms with Gasteiger partial charge in [-0.2, -0.15) is 0 Å². The van der Waals surface area contributed by atoms with Gasteiger partial charge in [-0.15, -0.1) is 0 Å². The maximum absolute atomic E-state index is 12.8. The summed E-state index contributed by atoms with van der Waals surface area (Å²) in [5, 5.41) is 0. The predicted octanol–water partition coefficient (Wildman–Crippen LogP) is 4.00. The number of piperidine rings is 1. The number of ether oxygens (including phenoxy) is 1. The average molecular weight is 321 g/mol. The number of hydrogen-bond acceptors (Lipinski definition) is 2. The Morgan fingerprint density at radius 3 is 2.50 bits per heavy atom. The normalized spacial score (nSPS) is 18.8. The Kier molecular flexibility index (Phi) is 3.79. The molecule has 0 aromatic heterocycles. The van der Waals surface area contributed by atoms with E-state index in [-0.39, 0.29) is 11.5 Å². The summed E-state index contributed by atoms with van der Waals surface area (Å²) in [6.07, 6.45) is 3.95. The Labute approximate surface area is 143 Å². The van der Waals surface area contributed by atoms with Crippen LogP contribution in [0.2, 0.25) is 0 Å². The maximum Gasteiger partial charge on any atom is 0.254 e. The van der Waals surface area contributed by atoms with Crippen LogP contribution >= 0.6 is 0 Å². The van der Waals surface area contributed by atoms with Gasteiger partial charge in [0.15, 0.2) is 0 Å². The molecule has 1 saturated heterocycles. The quantitative estimate of drug-likeness (QED) is 0.794. The first-order valence-corrected chi connectivity index (χ1v) is 8.79. The van der Waals surface area contributed by atoms with Gasteiger partial charge in [0.2, 0.25) is 0 Å². The number of nitrogens with zero attached hydrogens (tertiary/aromatic N) is 1. The average Bonchev–Trinajstić information content (AvgIpc) is 2.62. The van der Waals surface area contributed by atoms with Gasteiger partial charge in [-0.3, -0.25) is 4.79 Å². The van der Waals surface area contributed by atoms with Gasteiger partial charge in [-0.25, -0.2) is 0 Å². The van der Waals surface area contributed by atoms with Crippen LogP contribution < -0.4 is 4.74 Å². The molecule has 3 heteroatoms. The zero-order valence-corrected chi connectivity index (χ0v) is 14.1. The van der Waals surface area contributed by atoms with E-state index in [4.69, 9.17) is 4.74 Å². The highest BCUT2D eigenvalue weighted by molar-refractivity contribution is 5.95. The molecule has 0 N–H and O–H groups in total. The highest BCUT2D eigenvalue weighted by Crippen LogP contribution is 2.39. The second kappa shape index (κ2) is 5.97. The van der Waals surface area contributed by atoms with Gasteiger partial charge in [0.25, 0.3) is 5.91 Å². The second-order valence-electron chi connectivity index (χ2n) is 7.00. The number of amides is 1. The van der Waals surface area contributed by atoms with Crippen molar-refractivity contribution in [3.63, 3.8) is 0 Å². The van der Waals surface area contributed by atoms with E-state index in [1.54, 1.807) is 0 Å². The largest absolute Gasteiger partial charge is 0.487 e. The lowest BCUT2D eigenvalue weighted by molar-refractivity contribution is -0.0107. The molecule has 1 fully saturated rings. The Bertz CT molecular complexity index is 760. The van der Waals surface area contributed by atoms with Gasteiger partial charge in [0.05, 0.1) is 0 Å². The van der Waals surface area contributed by atoms with E-state index in [2.05, 4.69) is 18.2 Å². The zero-order valence-electron chi connectivity index (χ0n) is 14.1. The van der Waals surface area contributed by atoms with Crippen LogP contribution in [0.5, 0.6) is 5.75 Å². The Morgan fingerprint density at radius 1 is 1.00 bits per heavy atom. The summed E-state index contributed by atoms with van der Waals surface area (Å²) in [5.41, 5.74) is 3.09. The number of fused-ring (bicyclic) bond motifs is 1. The SMILES string of the molecule is Cc1ccccc1C(=O)N1CCC2(CCc3ccccc3O2)CC1. The summed E-state index contributed by atoms with van der Waals surface area (Å²) in [7, 11) is 0. The summed E-state index contributed by atoms with van der Waals surface area (Å²) >= 11 is 0. The monoisotopic (exact) mass is 321 g/mol. The van der Waals surface area contributed by atoms with Crippen LogP contribution in [0.4, 0.5) is 0 Å². The van der Waals surface area contributed by atoms with Crippen molar-refractivity contribution >= 4 is 5.91 Å². The summed E-state index contributed by atoms with van der Waals surface area (Å²) in [6.45, 7) is 3.55. The molecule has 1 spiro atoms. The Balaban J connectivity index is 1.46. The number of para-hydroxylation sites is 1. The number of benzene rings is 2. The van der Waals surface area contributed by atoms with Crippen LogP contribution in [0.15, 0.2) is 48.5 Å². The molecule has 0 bridgehead atoms. The zero-order chi connectivity index (χ0) is 16.6. The van der Waals surface area contributed by atoms with Crippen LogP contribution in [0.3, 0.4) is 0 Å². The maximum atomic E-state index is 12.8. The van der Waals surface area contributed by atoms with E-state index in [9.17, 15) is 4.79 Å². The molecule has 3 nitrogen and oxygen atoms in total. The van der Waals surface area contributed by atoms with Gasteiger partial charge < -0.3 is 9.64 Å². The molecule has 2 aliphatic rings. The van der Waals surface area contributed by atoms with Gasteiger partial charge in [-0.1, -0.05) is 36.4 Å². The topological polar surface area (TPSA) is 29.5 Å². The lowest BCUT2D eigenvalue weighted by Gasteiger charge is -2.44. The molecule has 2 aromatic carbocycles. The van der Waals surface area contributed by atoms with Crippen molar-refractivity contribution in [2.24, 2.45) is 0 Å². The molecule has 2 aromatic rings. The standard InChI is InChI=1S/C21H23NO2/c1-16-6-2-4-8-18(16)20(23)22-14-12-21(13-15-22)11-10-17-7-3-5-9-19(17)24-21/h2-9H,10-15H2,1H3. The lowest BCUT2D eigenvalue weighted by atomic mass is 9.83. The van der Waals surface area contributed by atoms with Crippen molar-refractivity contribution in [3.8, 4) is 5.75 Å². The molecule has 24 heavy (non-hydrogen) atoms. The van der Waals surface area contributed by atoms with E-state index in [0.29, 0.717) is 0 Å². The first-order valence-electron chi connectivity index (χ1n) is 8.79. The van der Waals surface area contributed by atoms with Crippen molar-refractivity contribution in [2.75, 3.05) is 13.1 Å². The molecular weight excluding hydrogens is 298 g/mol. The van der Waals surface area contributed by atoms with Gasteiger partial charge in [0, 0.05) is 31.5 Å². The third-order valence-corrected chi connectivity index (χ3v) is 5.49. The Morgan fingerprint density at radius 2 is 1.71 bits per heavy atom. The van der Waals surface area contributed by atoms with E-state index < -0.39 is 0 Å². The fourth-order valence-corrected chi connectivity index (χ4v) is 3.91. The van der Waals surface area contributed by atoms with Crippen LogP contribution in [0.1, 0.15) is 40.7 Å². The fraction of sp³-hybridized carbons (Fsp3) is 0.381. The smallest absolute Gasteiger partial charge is 0.254 e. The van der Waals surface area contributed by atoms with E-state index in [0.717, 1.165) is 55.6 Å². The molecule has 2 heterocycles. The number of rotatable bonds is 1. The summed E-state index contributed by atoms with van der Waals surface area (Å²) in [6, 6.07) is 16.2. The highest BCUT2D eigenvalue weighted by atomic mass is 16.5. The van der Waals surface area contributed by atoms with E-state index in [1.165, 1.54) is 5.56 Å². The van der Waals surface area contributed by atoms with Crippen molar-refractivity contribution in [1.29, 1.82) is 0 Å². The van der Waals surface area contributed by atoms with Crippen molar-refractivity contribution in [1.82, 2.24) is 4.90 Å². The molecule has 1 amide bonds. The molecule has 124 valence electrons. The summed E-state index contributed by atoms with van der Waals surface area (Å²) < 4.78 is 6.38. The fourth-order valence-electron chi connectivity index (χ4n) is 3.91. The molecule has 0 aliphatic carbocycles.